The Morgan fingerprint density at radius 3 is 2.80 bits per heavy atom. The summed E-state index contributed by atoms with van der Waals surface area (Å²) in [7, 11) is 0. The van der Waals surface area contributed by atoms with E-state index in [1.165, 1.54) is 4.68 Å². The number of benzene rings is 2. The van der Waals surface area contributed by atoms with E-state index in [-0.39, 0.29) is 11.5 Å². The zero-order chi connectivity index (χ0) is 23.9. The minimum Gasteiger partial charge on any atom is -0.355 e. The van der Waals surface area contributed by atoms with Gasteiger partial charge in [-0.1, -0.05) is 31.2 Å². The topological polar surface area (TPSA) is 85.0 Å². The van der Waals surface area contributed by atoms with Gasteiger partial charge in [-0.25, -0.2) is 9.67 Å². The normalized spacial score (nSPS) is 20.4. The number of amides is 1. The highest BCUT2D eigenvalue weighted by Crippen LogP contribution is 2.30. The molecule has 1 fully saturated rings. The third-order valence-electron chi connectivity index (χ3n) is 7.31. The lowest BCUT2D eigenvalue weighted by atomic mass is 9.86. The van der Waals surface area contributed by atoms with Crippen LogP contribution in [0.1, 0.15) is 35.7 Å². The van der Waals surface area contributed by atoms with Crippen molar-refractivity contribution in [3.63, 3.8) is 0 Å². The van der Waals surface area contributed by atoms with Crippen LogP contribution in [0.25, 0.3) is 11.0 Å². The Balaban J connectivity index is 1.47. The molecule has 8 heteroatoms. The fraction of sp³-hybridized carbons (Fsp3) is 0.333. The molecule has 8 nitrogen and oxygen atoms in total. The zero-order valence-electron chi connectivity index (χ0n) is 19.7. The zero-order valence-corrected chi connectivity index (χ0v) is 19.7. The van der Waals surface area contributed by atoms with Crippen molar-refractivity contribution >= 4 is 28.7 Å². The number of nitrogens with zero attached hydrogens (tertiary/aromatic N) is 5. The van der Waals surface area contributed by atoms with Crippen LogP contribution in [-0.4, -0.2) is 38.3 Å². The molecule has 1 N–H and O–H groups in total. The number of para-hydroxylation sites is 2. The highest BCUT2D eigenvalue weighted by Gasteiger charge is 2.27. The van der Waals surface area contributed by atoms with Gasteiger partial charge in [0.05, 0.1) is 17.6 Å². The molecule has 0 aliphatic carbocycles. The molecule has 1 amide bonds. The molecule has 178 valence electrons. The summed E-state index contributed by atoms with van der Waals surface area (Å²) in [5, 5.41) is 7.75. The third kappa shape index (κ3) is 4.09. The Kier molecular flexibility index (Phi) is 5.36. The molecule has 2 aromatic carbocycles. The Morgan fingerprint density at radius 2 is 1.89 bits per heavy atom. The van der Waals surface area contributed by atoms with Crippen molar-refractivity contribution in [2.45, 2.75) is 32.9 Å². The van der Waals surface area contributed by atoms with E-state index >= 15 is 0 Å². The summed E-state index contributed by atoms with van der Waals surface area (Å²) in [5.74, 6) is 1.98. The van der Waals surface area contributed by atoms with E-state index < -0.39 is 0 Å². The van der Waals surface area contributed by atoms with E-state index in [2.05, 4.69) is 27.8 Å². The molecule has 0 saturated carbocycles. The second-order valence-corrected chi connectivity index (χ2v) is 9.70. The quantitative estimate of drug-likeness (QED) is 0.425. The smallest absolute Gasteiger partial charge is 0.267 e. The van der Waals surface area contributed by atoms with Crippen LogP contribution in [0.2, 0.25) is 0 Å². The third-order valence-corrected chi connectivity index (χ3v) is 7.31. The van der Waals surface area contributed by atoms with Gasteiger partial charge >= 0.3 is 0 Å². The Bertz CT molecular complexity index is 1470. The molecule has 2 atom stereocenters. The molecule has 4 heterocycles. The van der Waals surface area contributed by atoms with Gasteiger partial charge in [-0.15, -0.1) is 0 Å². The number of hydrogen-bond donors (Lipinski definition) is 1. The summed E-state index contributed by atoms with van der Waals surface area (Å²) < 4.78 is 3.63. The first-order valence-electron chi connectivity index (χ1n) is 12.2. The molecular formula is C27H28N6O2. The Morgan fingerprint density at radius 1 is 1.00 bits per heavy atom. The molecule has 0 unspecified atom stereocenters. The van der Waals surface area contributed by atoms with Gasteiger partial charge in [-0.2, -0.15) is 5.10 Å². The van der Waals surface area contributed by atoms with E-state index in [0.29, 0.717) is 29.9 Å². The maximum atomic E-state index is 13.3. The Hall–Kier alpha value is -3.94. The van der Waals surface area contributed by atoms with Crippen LogP contribution in [-0.2, 0) is 13.1 Å². The highest BCUT2D eigenvalue weighted by molar-refractivity contribution is 6.04. The predicted molar refractivity (Wildman–Crippen MR) is 136 cm³/mol. The van der Waals surface area contributed by atoms with Crippen molar-refractivity contribution in [2.75, 3.05) is 23.3 Å². The Labute approximate surface area is 203 Å². The molecular weight excluding hydrogens is 440 g/mol. The number of hydrogen-bond acceptors (Lipinski definition) is 5. The van der Waals surface area contributed by atoms with Crippen LogP contribution in [0.5, 0.6) is 0 Å². The monoisotopic (exact) mass is 468 g/mol. The minimum atomic E-state index is -0.221. The fourth-order valence-electron chi connectivity index (χ4n) is 5.35. The van der Waals surface area contributed by atoms with Gasteiger partial charge in [0.1, 0.15) is 5.82 Å². The average molecular weight is 469 g/mol. The second kappa shape index (κ2) is 8.69. The van der Waals surface area contributed by atoms with Crippen LogP contribution in [0.15, 0.2) is 65.5 Å². The van der Waals surface area contributed by atoms with Crippen molar-refractivity contribution < 1.29 is 4.79 Å². The molecule has 0 spiro atoms. The summed E-state index contributed by atoms with van der Waals surface area (Å²) in [4.78, 5) is 32.9. The number of rotatable bonds is 0. The highest BCUT2D eigenvalue weighted by atomic mass is 16.2. The van der Waals surface area contributed by atoms with E-state index in [4.69, 9.17) is 10.1 Å². The minimum absolute atomic E-state index is 0.152. The molecule has 2 aromatic heterocycles. The number of carbonyl (C=O) groups is 1. The van der Waals surface area contributed by atoms with Crippen molar-refractivity contribution in [2.24, 2.45) is 11.8 Å². The van der Waals surface area contributed by atoms with Crippen molar-refractivity contribution in [1.82, 2.24) is 19.3 Å². The number of piperidine rings is 1. The number of anilines is 2. The first-order valence-corrected chi connectivity index (χ1v) is 12.2. The van der Waals surface area contributed by atoms with Crippen LogP contribution in [0.4, 0.5) is 11.8 Å². The van der Waals surface area contributed by atoms with Gasteiger partial charge in [-0.3, -0.25) is 14.9 Å². The lowest BCUT2D eigenvalue weighted by Crippen LogP contribution is -2.40. The first kappa shape index (κ1) is 21.6. The first-order chi connectivity index (χ1) is 17.0. The van der Waals surface area contributed by atoms with Crippen molar-refractivity contribution in [3.05, 3.63) is 82.1 Å². The molecule has 2 aliphatic rings. The van der Waals surface area contributed by atoms with E-state index in [1.54, 1.807) is 12.1 Å². The number of nitrogens with one attached hydrogen (secondary N) is 1. The summed E-state index contributed by atoms with van der Waals surface area (Å²) in [6, 6.07) is 18.8. The van der Waals surface area contributed by atoms with Gasteiger partial charge in [0.2, 0.25) is 5.95 Å². The largest absolute Gasteiger partial charge is 0.355 e. The maximum Gasteiger partial charge on any atom is 0.267 e. The van der Waals surface area contributed by atoms with Gasteiger partial charge < -0.3 is 9.47 Å². The predicted octanol–water partition coefficient (Wildman–Crippen LogP) is 3.76. The van der Waals surface area contributed by atoms with Crippen LogP contribution in [0.3, 0.4) is 0 Å². The average Bonchev–Trinajstić information content (AvgIpc) is 3.21. The number of aromatic nitrogens is 4. The molecule has 6 bridgehead atoms. The molecule has 0 radical (unpaired) electrons. The van der Waals surface area contributed by atoms with Crippen LogP contribution in [0, 0.1) is 11.8 Å². The van der Waals surface area contributed by atoms with E-state index in [1.807, 2.05) is 42.5 Å². The van der Waals surface area contributed by atoms with E-state index in [9.17, 15) is 9.59 Å². The lowest BCUT2D eigenvalue weighted by Gasteiger charge is -2.36. The summed E-state index contributed by atoms with van der Waals surface area (Å²) in [6.45, 7) is 5.15. The molecule has 6 rings (SSSR count). The van der Waals surface area contributed by atoms with E-state index in [0.717, 1.165) is 54.9 Å². The second-order valence-electron chi connectivity index (χ2n) is 9.70. The lowest BCUT2D eigenvalue weighted by molar-refractivity contribution is 0.102. The number of carbonyl (C=O) groups excluding carboxylic acids is 1. The van der Waals surface area contributed by atoms with Crippen LogP contribution >= 0.6 is 0 Å². The summed E-state index contributed by atoms with van der Waals surface area (Å²) >= 11 is 0. The van der Waals surface area contributed by atoms with Gasteiger partial charge in [0, 0.05) is 31.3 Å². The van der Waals surface area contributed by atoms with Gasteiger partial charge in [0.25, 0.3) is 11.5 Å². The summed E-state index contributed by atoms with van der Waals surface area (Å²) in [5.41, 5.74) is 3.10. The van der Waals surface area contributed by atoms with Crippen molar-refractivity contribution in [1.29, 1.82) is 0 Å². The maximum absolute atomic E-state index is 13.3. The summed E-state index contributed by atoms with van der Waals surface area (Å²) in [6.07, 6.45) is 2.21. The number of fused-ring (bicyclic) bond motifs is 10. The van der Waals surface area contributed by atoms with Gasteiger partial charge in [-0.05, 0) is 60.6 Å². The molecule has 2 aliphatic heterocycles. The molecule has 1 saturated heterocycles. The van der Waals surface area contributed by atoms with Gasteiger partial charge in [0.15, 0.2) is 0 Å². The van der Waals surface area contributed by atoms with Crippen LogP contribution < -0.4 is 15.8 Å². The fourth-order valence-corrected chi connectivity index (χ4v) is 5.35. The SMILES string of the molecule is C[C@H]1Cn2c(nc3ccccc32)NC(=O)c2cccc(c2)Cn2nc(ccc2=O)N2CCC[C@H]1C2. The number of imidazole rings is 1. The molecule has 4 aromatic rings. The molecule has 35 heavy (non-hydrogen) atoms. The standard InChI is InChI=1S/C27H28N6O2/c1-18-15-32-23-10-3-2-9-22(23)28-27(32)29-26(35)20-7-4-6-19(14-20)16-33-25(34)12-11-24(30-33)31-13-5-8-21(18)17-31/h2-4,6-7,9-12,14,18,21H,5,8,13,15-17H2,1H3,(H,28,29,35)/t18-,21-/m0/s1. The van der Waals surface area contributed by atoms with Crippen molar-refractivity contribution in [3.8, 4) is 0 Å².